The number of hydrogen-bond acceptors (Lipinski definition) is 4. The Labute approximate surface area is 188 Å². The van der Waals surface area contributed by atoms with Crippen molar-refractivity contribution in [3.8, 4) is 0 Å². The number of amides is 1. The van der Waals surface area contributed by atoms with Crippen LogP contribution in [0.3, 0.4) is 0 Å². The zero-order valence-electron chi connectivity index (χ0n) is 16.5. The lowest BCUT2D eigenvalue weighted by Gasteiger charge is -2.23. The molecule has 0 aromatic heterocycles. The third-order valence-electron chi connectivity index (χ3n) is 4.31. The summed E-state index contributed by atoms with van der Waals surface area (Å²) in [4.78, 5) is 12.5. The Hall–Kier alpha value is -3.04. The zero-order chi connectivity index (χ0) is 22.4. The fraction of sp³-hybridized carbons (Fsp3) is 0.0909. The van der Waals surface area contributed by atoms with Crippen molar-refractivity contribution in [1.29, 1.82) is 0 Å². The molecule has 1 amide bonds. The third kappa shape index (κ3) is 5.77. The average Bonchev–Trinajstić information content (AvgIpc) is 2.74. The van der Waals surface area contributed by atoms with E-state index in [1.807, 2.05) is 6.92 Å². The van der Waals surface area contributed by atoms with Gasteiger partial charge in [-0.2, -0.15) is 5.10 Å². The molecule has 0 saturated carbocycles. The molecule has 0 aliphatic rings. The van der Waals surface area contributed by atoms with Gasteiger partial charge in [-0.15, -0.1) is 0 Å². The summed E-state index contributed by atoms with van der Waals surface area (Å²) in [5.74, 6) is -1.16. The molecule has 0 bridgehead atoms. The highest BCUT2D eigenvalue weighted by Crippen LogP contribution is 2.25. The van der Waals surface area contributed by atoms with Crippen LogP contribution in [-0.2, 0) is 14.8 Å². The van der Waals surface area contributed by atoms with Crippen LogP contribution in [0.2, 0.25) is 0 Å². The van der Waals surface area contributed by atoms with Crippen LogP contribution in [0.25, 0.3) is 0 Å². The standard InChI is InChI=1S/C22H19BrFN3O3S/c1-16-6-12-20(13-7-16)31(29,30)27(19-10-8-18(23)9-11-19)15-22(28)26-25-14-17-4-2-3-5-21(17)24/h2-14H,15H2,1H3,(H,26,28)/b25-14-. The van der Waals surface area contributed by atoms with Crippen molar-refractivity contribution in [2.24, 2.45) is 5.10 Å². The zero-order valence-corrected chi connectivity index (χ0v) is 18.9. The van der Waals surface area contributed by atoms with Crippen LogP contribution >= 0.6 is 15.9 Å². The van der Waals surface area contributed by atoms with Gasteiger partial charge < -0.3 is 0 Å². The van der Waals surface area contributed by atoms with Gasteiger partial charge in [0.1, 0.15) is 12.4 Å². The number of sulfonamides is 1. The SMILES string of the molecule is Cc1ccc(S(=O)(=O)N(CC(=O)N/N=C\c2ccccc2F)c2ccc(Br)cc2)cc1. The van der Waals surface area contributed by atoms with Gasteiger partial charge in [-0.1, -0.05) is 51.8 Å². The van der Waals surface area contributed by atoms with E-state index in [-0.39, 0.29) is 10.5 Å². The van der Waals surface area contributed by atoms with Gasteiger partial charge in [-0.05, 0) is 49.4 Å². The third-order valence-corrected chi connectivity index (χ3v) is 6.63. The minimum Gasteiger partial charge on any atom is -0.271 e. The van der Waals surface area contributed by atoms with Crippen LogP contribution in [0.5, 0.6) is 0 Å². The monoisotopic (exact) mass is 503 g/mol. The summed E-state index contributed by atoms with van der Waals surface area (Å²) < 4.78 is 41.9. The lowest BCUT2D eigenvalue weighted by Crippen LogP contribution is -2.39. The maximum absolute atomic E-state index is 13.7. The first-order valence-electron chi connectivity index (χ1n) is 9.19. The molecule has 0 atom stereocenters. The highest BCUT2D eigenvalue weighted by Gasteiger charge is 2.27. The number of hydrazone groups is 1. The Balaban J connectivity index is 1.84. The molecule has 3 aromatic rings. The van der Waals surface area contributed by atoms with Crippen LogP contribution < -0.4 is 9.73 Å². The molecule has 0 fully saturated rings. The maximum Gasteiger partial charge on any atom is 0.264 e. The predicted octanol–water partition coefficient (Wildman–Crippen LogP) is 4.24. The predicted molar refractivity (Wildman–Crippen MR) is 122 cm³/mol. The molecular formula is C22H19BrFN3O3S. The number of benzene rings is 3. The topological polar surface area (TPSA) is 78.8 Å². The van der Waals surface area contributed by atoms with Gasteiger partial charge in [-0.25, -0.2) is 18.2 Å². The van der Waals surface area contributed by atoms with Crippen molar-refractivity contribution < 1.29 is 17.6 Å². The van der Waals surface area contributed by atoms with E-state index in [4.69, 9.17) is 0 Å². The van der Waals surface area contributed by atoms with Crippen LogP contribution in [0, 0.1) is 12.7 Å². The number of carbonyl (C=O) groups excluding carboxylic acids is 1. The largest absolute Gasteiger partial charge is 0.271 e. The van der Waals surface area contributed by atoms with Gasteiger partial charge in [0.2, 0.25) is 0 Å². The molecule has 31 heavy (non-hydrogen) atoms. The summed E-state index contributed by atoms with van der Waals surface area (Å²) in [6, 6.07) is 18.8. The number of rotatable bonds is 7. The molecule has 0 aliphatic carbocycles. The lowest BCUT2D eigenvalue weighted by molar-refractivity contribution is -0.119. The van der Waals surface area contributed by atoms with E-state index >= 15 is 0 Å². The van der Waals surface area contributed by atoms with E-state index in [9.17, 15) is 17.6 Å². The lowest BCUT2D eigenvalue weighted by atomic mass is 10.2. The van der Waals surface area contributed by atoms with Gasteiger partial charge in [0.25, 0.3) is 15.9 Å². The number of carbonyl (C=O) groups is 1. The fourth-order valence-corrected chi connectivity index (χ4v) is 4.36. The van der Waals surface area contributed by atoms with E-state index in [1.54, 1.807) is 42.5 Å². The van der Waals surface area contributed by atoms with E-state index < -0.39 is 28.3 Å². The molecule has 9 heteroatoms. The van der Waals surface area contributed by atoms with E-state index in [1.165, 1.54) is 30.3 Å². The van der Waals surface area contributed by atoms with Crippen LogP contribution in [-0.4, -0.2) is 27.1 Å². The molecule has 0 heterocycles. The molecule has 160 valence electrons. The Morgan fingerprint density at radius 3 is 2.35 bits per heavy atom. The molecule has 0 spiro atoms. The number of aryl methyl sites for hydroxylation is 1. The first kappa shape index (κ1) is 22.6. The van der Waals surface area contributed by atoms with Crippen LogP contribution in [0.15, 0.2) is 87.3 Å². The van der Waals surface area contributed by atoms with E-state index in [0.717, 1.165) is 20.6 Å². The molecule has 0 aliphatic heterocycles. The number of nitrogens with zero attached hydrogens (tertiary/aromatic N) is 2. The summed E-state index contributed by atoms with van der Waals surface area (Å²) in [6.45, 7) is 1.34. The first-order chi connectivity index (χ1) is 14.8. The Kier molecular flexibility index (Phi) is 7.19. The highest BCUT2D eigenvalue weighted by molar-refractivity contribution is 9.10. The van der Waals surface area contributed by atoms with Gasteiger partial charge in [-0.3, -0.25) is 9.10 Å². The second-order valence-corrected chi connectivity index (χ2v) is 9.39. The number of halogens is 2. The summed E-state index contributed by atoms with van der Waals surface area (Å²) in [6.07, 6.45) is 1.16. The van der Waals surface area contributed by atoms with Crippen LogP contribution in [0.4, 0.5) is 10.1 Å². The maximum atomic E-state index is 13.7. The van der Waals surface area contributed by atoms with Crippen molar-refractivity contribution in [2.45, 2.75) is 11.8 Å². The number of nitrogens with one attached hydrogen (secondary N) is 1. The summed E-state index contributed by atoms with van der Waals surface area (Å²) in [5, 5.41) is 3.74. The minimum atomic E-state index is -4.02. The van der Waals surface area contributed by atoms with Crippen LogP contribution in [0.1, 0.15) is 11.1 Å². The van der Waals surface area contributed by atoms with Crippen molar-refractivity contribution in [2.75, 3.05) is 10.8 Å². The normalized spacial score (nSPS) is 11.5. The Morgan fingerprint density at radius 1 is 1.06 bits per heavy atom. The summed E-state index contributed by atoms with van der Waals surface area (Å²) >= 11 is 3.31. The van der Waals surface area contributed by atoms with Gasteiger partial charge >= 0.3 is 0 Å². The highest BCUT2D eigenvalue weighted by atomic mass is 79.9. The van der Waals surface area contributed by atoms with Crippen molar-refractivity contribution in [1.82, 2.24) is 5.43 Å². The van der Waals surface area contributed by atoms with E-state index in [2.05, 4.69) is 26.5 Å². The van der Waals surface area contributed by atoms with E-state index in [0.29, 0.717) is 5.69 Å². The smallest absolute Gasteiger partial charge is 0.264 e. The molecular weight excluding hydrogens is 485 g/mol. The minimum absolute atomic E-state index is 0.0590. The van der Waals surface area contributed by atoms with Gasteiger partial charge in [0, 0.05) is 10.0 Å². The molecule has 6 nitrogen and oxygen atoms in total. The average molecular weight is 504 g/mol. The number of anilines is 1. The number of hydrogen-bond donors (Lipinski definition) is 1. The van der Waals surface area contributed by atoms with Gasteiger partial charge in [0.15, 0.2) is 0 Å². The molecule has 0 unspecified atom stereocenters. The van der Waals surface area contributed by atoms with Crippen molar-refractivity contribution >= 4 is 43.8 Å². The molecule has 1 N–H and O–H groups in total. The second-order valence-electron chi connectivity index (χ2n) is 6.62. The summed E-state index contributed by atoms with van der Waals surface area (Å²) in [5.41, 5.74) is 3.67. The Morgan fingerprint density at radius 2 is 1.71 bits per heavy atom. The van der Waals surface area contributed by atoms with Gasteiger partial charge in [0.05, 0.1) is 16.8 Å². The Bertz CT molecular complexity index is 1200. The first-order valence-corrected chi connectivity index (χ1v) is 11.4. The fourth-order valence-electron chi connectivity index (χ4n) is 2.68. The molecule has 3 aromatic carbocycles. The van der Waals surface area contributed by atoms with Crippen molar-refractivity contribution in [3.05, 3.63) is 94.2 Å². The second kappa shape index (κ2) is 9.84. The quantitative estimate of drug-likeness (QED) is 0.386. The molecule has 0 radical (unpaired) electrons. The van der Waals surface area contributed by atoms with Crippen molar-refractivity contribution in [3.63, 3.8) is 0 Å². The molecule has 3 rings (SSSR count). The molecule has 0 saturated heterocycles. The summed E-state index contributed by atoms with van der Waals surface area (Å²) in [7, 11) is -4.02.